The number of carbonyl (C=O) groups excluding carboxylic acids is 1. The van der Waals surface area contributed by atoms with Crippen molar-refractivity contribution >= 4 is 11.6 Å². The fraction of sp³-hybridized carbons (Fsp3) is 0.533. The maximum Gasteiger partial charge on any atom is 0.227 e. The van der Waals surface area contributed by atoms with E-state index >= 15 is 0 Å². The molecular formula is C15H21NO2. The molecule has 2 atom stereocenters. The highest BCUT2D eigenvalue weighted by Crippen LogP contribution is 2.29. The molecule has 0 heterocycles. The highest BCUT2D eigenvalue weighted by Gasteiger charge is 2.24. The largest absolute Gasteiger partial charge is 0.497 e. The van der Waals surface area contributed by atoms with E-state index < -0.39 is 0 Å². The van der Waals surface area contributed by atoms with Crippen LogP contribution >= 0.6 is 0 Å². The van der Waals surface area contributed by atoms with Crippen LogP contribution in [0.5, 0.6) is 5.75 Å². The molecule has 0 radical (unpaired) electrons. The Kier molecular flexibility index (Phi) is 4.24. The van der Waals surface area contributed by atoms with E-state index in [-0.39, 0.29) is 11.8 Å². The van der Waals surface area contributed by atoms with E-state index in [1.165, 1.54) is 12.8 Å². The second-order valence-corrected chi connectivity index (χ2v) is 5.19. The summed E-state index contributed by atoms with van der Waals surface area (Å²) in [7, 11) is 1.64. The van der Waals surface area contributed by atoms with Gasteiger partial charge in [0.15, 0.2) is 0 Å². The van der Waals surface area contributed by atoms with E-state index in [1.807, 2.05) is 24.3 Å². The van der Waals surface area contributed by atoms with Crippen molar-refractivity contribution in [2.75, 3.05) is 12.4 Å². The van der Waals surface area contributed by atoms with Crippen LogP contribution in [-0.2, 0) is 4.79 Å². The number of nitrogens with one attached hydrogen (secondary N) is 1. The number of amides is 1. The zero-order chi connectivity index (χ0) is 13.0. The summed E-state index contributed by atoms with van der Waals surface area (Å²) in [6.07, 6.45) is 4.46. The van der Waals surface area contributed by atoms with E-state index in [1.54, 1.807) is 7.11 Å². The zero-order valence-corrected chi connectivity index (χ0v) is 11.1. The van der Waals surface area contributed by atoms with Crippen molar-refractivity contribution in [3.05, 3.63) is 24.3 Å². The zero-order valence-electron chi connectivity index (χ0n) is 11.1. The van der Waals surface area contributed by atoms with Gasteiger partial charge in [0.2, 0.25) is 5.91 Å². The van der Waals surface area contributed by atoms with Gasteiger partial charge >= 0.3 is 0 Å². The van der Waals surface area contributed by atoms with Gasteiger partial charge in [-0.1, -0.05) is 19.8 Å². The van der Waals surface area contributed by atoms with Gasteiger partial charge in [0.1, 0.15) is 5.75 Å². The van der Waals surface area contributed by atoms with Gasteiger partial charge in [-0.15, -0.1) is 0 Å². The molecule has 1 aliphatic carbocycles. The Hall–Kier alpha value is -1.51. The van der Waals surface area contributed by atoms with Crippen LogP contribution in [0.25, 0.3) is 0 Å². The second-order valence-electron chi connectivity index (χ2n) is 5.19. The highest BCUT2D eigenvalue weighted by molar-refractivity contribution is 5.92. The van der Waals surface area contributed by atoms with Crippen molar-refractivity contribution in [1.29, 1.82) is 0 Å². The molecule has 0 spiro atoms. The van der Waals surface area contributed by atoms with Crippen LogP contribution in [0, 0.1) is 11.8 Å². The highest BCUT2D eigenvalue weighted by atomic mass is 16.5. The van der Waals surface area contributed by atoms with Crippen molar-refractivity contribution in [3.63, 3.8) is 0 Å². The third-order valence-electron chi connectivity index (χ3n) is 3.66. The number of benzene rings is 1. The lowest BCUT2D eigenvalue weighted by atomic mass is 9.82. The van der Waals surface area contributed by atoms with Crippen molar-refractivity contribution in [2.45, 2.75) is 32.6 Å². The Morgan fingerprint density at radius 1 is 1.28 bits per heavy atom. The standard InChI is InChI=1S/C15H21NO2/c1-11-4-3-5-12(10-11)15(17)16-13-6-8-14(18-2)9-7-13/h6-9,11-12H,3-5,10H2,1-2H3,(H,16,17)/t11-,12+/m1/s1. The molecule has 3 nitrogen and oxygen atoms in total. The number of methoxy groups -OCH3 is 1. The molecule has 1 fully saturated rings. The second kappa shape index (κ2) is 5.89. The summed E-state index contributed by atoms with van der Waals surface area (Å²) in [5, 5.41) is 2.99. The Morgan fingerprint density at radius 3 is 2.61 bits per heavy atom. The molecule has 1 aliphatic rings. The molecule has 1 saturated carbocycles. The average molecular weight is 247 g/mol. The molecule has 0 aliphatic heterocycles. The number of carbonyl (C=O) groups is 1. The minimum Gasteiger partial charge on any atom is -0.497 e. The van der Waals surface area contributed by atoms with Crippen LogP contribution in [0.3, 0.4) is 0 Å². The lowest BCUT2D eigenvalue weighted by molar-refractivity contribution is -0.121. The van der Waals surface area contributed by atoms with Gasteiger partial charge in [-0.25, -0.2) is 0 Å². The predicted octanol–water partition coefficient (Wildman–Crippen LogP) is 3.46. The van der Waals surface area contributed by atoms with E-state index in [0.29, 0.717) is 5.92 Å². The van der Waals surface area contributed by atoms with Crippen LogP contribution in [0.15, 0.2) is 24.3 Å². The lowest BCUT2D eigenvalue weighted by Gasteiger charge is -2.25. The smallest absolute Gasteiger partial charge is 0.227 e. The summed E-state index contributed by atoms with van der Waals surface area (Å²) in [6, 6.07) is 7.48. The molecule has 2 rings (SSSR count). The van der Waals surface area contributed by atoms with Crippen LogP contribution in [0.4, 0.5) is 5.69 Å². The molecule has 0 bridgehead atoms. The maximum atomic E-state index is 12.1. The molecule has 98 valence electrons. The fourth-order valence-corrected chi connectivity index (χ4v) is 2.59. The third kappa shape index (κ3) is 3.25. The monoisotopic (exact) mass is 247 g/mol. The Morgan fingerprint density at radius 2 is 2.00 bits per heavy atom. The SMILES string of the molecule is COc1ccc(NC(=O)[C@H]2CCC[C@@H](C)C2)cc1. The number of anilines is 1. The Balaban J connectivity index is 1.93. The van der Waals surface area contributed by atoms with Gasteiger partial charge in [0, 0.05) is 11.6 Å². The van der Waals surface area contributed by atoms with Crippen LogP contribution in [0.2, 0.25) is 0 Å². The normalized spacial score (nSPS) is 23.4. The van der Waals surface area contributed by atoms with Gasteiger partial charge in [-0.3, -0.25) is 4.79 Å². The summed E-state index contributed by atoms with van der Waals surface area (Å²) in [4.78, 5) is 12.1. The predicted molar refractivity (Wildman–Crippen MR) is 72.7 cm³/mol. The first-order valence-electron chi connectivity index (χ1n) is 6.64. The molecule has 3 heteroatoms. The van der Waals surface area contributed by atoms with Gasteiger partial charge < -0.3 is 10.1 Å². The molecule has 18 heavy (non-hydrogen) atoms. The Bertz CT molecular complexity index is 399. The quantitative estimate of drug-likeness (QED) is 0.888. The lowest BCUT2D eigenvalue weighted by Crippen LogP contribution is -2.27. The first-order valence-corrected chi connectivity index (χ1v) is 6.64. The van der Waals surface area contributed by atoms with Crippen LogP contribution in [0.1, 0.15) is 32.6 Å². The average Bonchev–Trinajstić information content (AvgIpc) is 2.39. The first kappa shape index (κ1) is 12.9. The van der Waals surface area contributed by atoms with Crippen molar-refractivity contribution in [3.8, 4) is 5.75 Å². The van der Waals surface area contributed by atoms with Gasteiger partial charge in [0.25, 0.3) is 0 Å². The molecular weight excluding hydrogens is 226 g/mol. The Labute approximate surface area is 109 Å². The molecule has 0 unspecified atom stereocenters. The van der Waals surface area contributed by atoms with Crippen LogP contribution in [-0.4, -0.2) is 13.0 Å². The molecule has 0 aromatic heterocycles. The van der Waals surface area contributed by atoms with Crippen molar-refractivity contribution < 1.29 is 9.53 Å². The minimum atomic E-state index is 0.159. The molecule has 1 amide bonds. The van der Waals surface area contributed by atoms with Crippen molar-refractivity contribution in [2.24, 2.45) is 11.8 Å². The fourth-order valence-electron chi connectivity index (χ4n) is 2.59. The van der Waals surface area contributed by atoms with E-state index in [9.17, 15) is 4.79 Å². The molecule has 0 saturated heterocycles. The van der Waals surface area contributed by atoms with Gasteiger partial charge in [0.05, 0.1) is 7.11 Å². The van der Waals surface area contributed by atoms with Crippen molar-refractivity contribution in [1.82, 2.24) is 0 Å². The number of hydrogen-bond donors (Lipinski definition) is 1. The third-order valence-corrected chi connectivity index (χ3v) is 3.66. The number of ether oxygens (including phenoxy) is 1. The van der Waals surface area contributed by atoms with E-state index in [2.05, 4.69) is 12.2 Å². The first-order chi connectivity index (χ1) is 8.69. The minimum absolute atomic E-state index is 0.159. The molecule has 1 N–H and O–H groups in total. The molecule has 1 aromatic rings. The maximum absolute atomic E-state index is 12.1. The summed E-state index contributed by atoms with van der Waals surface area (Å²) in [5.41, 5.74) is 0.846. The summed E-state index contributed by atoms with van der Waals surface area (Å²) < 4.78 is 5.09. The summed E-state index contributed by atoms with van der Waals surface area (Å²) in [6.45, 7) is 2.23. The van der Waals surface area contributed by atoms with E-state index in [0.717, 1.165) is 24.3 Å². The van der Waals surface area contributed by atoms with E-state index in [4.69, 9.17) is 4.74 Å². The topological polar surface area (TPSA) is 38.3 Å². The van der Waals surface area contributed by atoms with Gasteiger partial charge in [-0.05, 0) is 43.0 Å². The molecule has 1 aromatic carbocycles. The van der Waals surface area contributed by atoms with Gasteiger partial charge in [-0.2, -0.15) is 0 Å². The van der Waals surface area contributed by atoms with Crippen LogP contribution < -0.4 is 10.1 Å². The summed E-state index contributed by atoms with van der Waals surface area (Å²) in [5.74, 6) is 1.81. The number of rotatable bonds is 3. The number of hydrogen-bond acceptors (Lipinski definition) is 2. The summed E-state index contributed by atoms with van der Waals surface area (Å²) >= 11 is 0.